The molecule has 0 spiro atoms. The van der Waals surface area contributed by atoms with Crippen molar-refractivity contribution >= 4 is 18.0 Å². The first kappa shape index (κ1) is 22.8. The highest BCUT2D eigenvalue weighted by Gasteiger charge is 2.40. The lowest BCUT2D eigenvalue weighted by Crippen LogP contribution is -2.61. The van der Waals surface area contributed by atoms with Gasteiger partial charge in [0.15, 0.2) is 0 Å². The molecular weight excluding hydrogens is 420 g/mol. The Morgan fingerprint density at radius 2 is 1.61 bits per heavy atom. The predicted octanol–water partition coefficient (Wildman–Crippen LogP) is 4.02. The Morgan fingerprint density at radius 3 is 2.18 bits per heavy atom. The maximum Gasteiger partial charge on any atom is 0.408 e. The molecule has 4 rings (SSSR count). The van der Waals surface area contributed by atoms with Crippen LogP contribution in [0.4, 0.5) is 4.79 Å². The van der Waals surface area contributed by atoms with Crippen LogP contribution in [0.1, 0.15) is 50.2 Å². The summed E-state index contributed by atoms with van der Waals surface area (Å²) in [5, 5.41) is 11.5. The molecule has 1 saturated heterocycles. The van der Waals surface area contributed by atoms with E-state index in [0.717, 1.165) is 28.7 Å². The van der Waals surface area contributed by atoms with Gasteiger partial charge in [-0.2, -0.15) is 0 Å². The molecule has 0 bridgehead atoms. The number of carboxylic acid groups (broad SMARTS) is 1. The maximum atomic E-state index is 12.9. The number of benzene rings is 2. The van der Waals surface area contributed by atoms with Gasteiger partial charge in [-0.05, 0) is 54.9 Å². The normalized spacial score (nSPS) is 15.4. The lowest BCUT2D eigenvalue weighted by Gasteiger charge is -2.43. The number of nitrogens with one attached hydrogen (secondary N) is 1. The Hall–Kier alpha value is -3.35. The molecule has 1 aliphatic carbocycles. The summed E-state index contributed by atoms with van der Waals surface area (Å²) in [5.41, 5.74) is 3.50. The highest BCUT2D eigenvalue weighted by atomic mass is 16.5. The van der Waals surface area contributed by atoms with E-state index >= 15 is 0 Å². The van der Waals surface area contributed by atoms with Crippen LogP contribution in [0.15, 0.2) is 48.5 Å². The predicted molar refractivity (Wildman–Crippen MR) is 124 cm³/mol. The second-order valence-electron chi connectivity index (χ2n) is 9.44. The van der Waals surface area contributed by atoms with Crippen LogP contribution in [0.3, 0.4) is 0 Å². The lowest BCUT2D eigenvalue weighted by molar-refractivity contribution is -0.144. The number of nitrogens with zero attached hydrogens (tertiary/aromatic N) is 1. The minimum Gasteiger partial charge on any atom is -0.481 e. The number of aliphatic carboxylic acids is 1. The molecule has 2 aliphatic rings. The fraction of sp³-hybridized carbons (Fsp3) is 0.423. The number of carboxylic acids is 1. The third-order valence-corrected chi connectivity index (χ3v) is 6.54. The number of carbonyl (C=O) groups is 3. The summed E-state index contributed by atoms with van der Waals surface area (Å²) < 4.78 is 5.58. The Morgan fingerprint density at radius 1 is 1.03 bits per heavy atom. The van der Waals surface area contributed by atoms with Gasteiger partial charge >= 0.3 is 12.1 Å². The maximum absolute atomic E-state index is 12.9. The highest BCUT2D eigenvalue weighted by molar-refractivity contribution is 5.89. The number of rotatable bonds is 8. The van der Waals surface area contributed by atoms with Crippen molar-refractivity contribution in [3.8, 4) is 11.1 Å². The van der Waals surface area contributed by atoms with E-state index < -0.39 is 17.6 Å². The number of carbonyl (C=O) groups excluding carboxylic acids is 2. The first-order valence-electron chi connectivity index (χ1n) is 11.4. The number of alkyl carbamates (subject to hydrolysis) is 1. The first-order chi connectivity index (χ1) is 15.8. The molecule has 2 N–H and O–H groups in total. The quantitative estimate of drug-likeness (QED) is 0.633. The van der Waals surface area contributed by atoms with Crippen LogP contribution in [0, 0.1) is 5.92 Å². The number of ether oxygens (including phenoxy) is 1. The average Bonchev–Trinajstić information content (AvgIpc) is 3.07. The second-order valence-corrected chi connectivity index (χ2v) is 9.44. The van der Waals surface area contributed by atoms with E-state index in [9.17, 15) is 14.4 Å². The smallest absolute Gasteiger partial charge is 0.408 e. The van der Waals surface area contributed by atoms with E-state index in [2.05, 4.69) is 29.6 Å². The molecule has 1 fully saturated rings. The summed E-state index contributed by atoms with van der Waals surface area (Å²) in [6, 6.07) is 16.3. The molecular formula is C26H30N2O5. The van der Waals surface area contributed by atoms with Gasteiger partial charge < -0.3 is 20.1 Å². The van der Waals surface area contributed by atoms with E-state index in [4.69, 9.17) is 9.84 Å². The summed E-state index contributed by atoms with van der Waals surface area (Å²) in [4.78, 5) is 37.8. The van der Waals surface area contributed by atoms with Crippen LogP contribution in [-0.4, -0.2) is 53.2 Å². The van der Waals surface area contributed by atoms with Crippen LogP contribution in [0.5, 0.6) is 0 Å². The molecule has 0 atom stereocenters. The van der Waals surface area contributed by atoms with Crippen molar-refractivity contribution in [2.24, 2.45) is 5.92 Å². The monoisotopic (exact) mass is 450 g/mol. The van der Waals surface area contributed by atoms with Crippen molar-refractivity contribution in [3.63, 3.8) is 0 Å². The molecule has 7 heteroatoms. The van der Waals surface area contributed by atoms with Gasteiger partial charge in [-0.25, -0.2) is 4.79 Å². The van der Waals surface area contributed by atoms with Crippen LogP contribution < -0.4 is 5.32 Å². The van der Waals surface area contributed by atoms with Crippen LogP contribution in [0.25, 0.3) is 11.1 Å². The Bertz CT molecular complexity index is 1010. The average molecular weight is 451 g/mol. The second kappa shape index (κ2) is 9.25. The molecule has 2 aromatic rings. The van der Waals surface area contributed by atoms with Crippen molar-refractivity contribution in [1.82, 2.24) is 10.2 Å². The van der Waals surface area contributed by atoms with Crippen molar-refractivity contribution in [3.05, 3.63) is 59.7 Å². The SMILES string of the molecule is CC(C)(NC(=O)OCC1c2ccccc2-c2ccccc21)C(=O)N1CC(CCCC(=O)O)C1. The van der Waals surface area contributed by atoms with Crippen molar-refractivity contribution in [2.45, 2.75) is 44.6 Å². The number of hydrogen-bond acceptors (Lipinski definition) is 4. The molecule has 0 saturated carbocycles. The van der Waals surface area contributed by atoms with Crippen LogP contribution >= 0.6 is 0 Å². The third-order valence-electron chi connectivity index (χ3n) is 6.54. The van der Waals surface area contributed by atoms with Crippen LogP contribution in [-0.2, 0) is 14.3 Å². The minimum atomic E-state index is -1.09. The van der Waals surface area contributed by atoms with Gasteiger partial charge in [0.25, 0.3) is 0 Å². The number of amides is 2. The Labute approximate surface area is 193 Å². The molecule has 0 aromatic heterocycles. The van der Waals surface area contributed by atoms with Gasteiger partial charge in [-0.1, -0.05) is 48.5 Å². The molecule has 174 valence electrons. The van der Waals surface area contributed by atoms with Gasteiger partial charge in [0.2, 0.25) is 5.91 Å². The molecule has 1 aliphatic heterocycles. The van der Waals surface area contributed by atoms with Gasteiger partial charge in [-0.15, -0.1) is 0 Å². The van der Waals surface area contributed by atoms with Gasteiger partial charge in [0, 0.05) is 25.4 Å². The fourth-order valence-electron chi connectivity index (χ4n) is 4.80. The number of fused-ring (bicyclic) bond motifs is 3. The molecule has 0 unspecified atom stereocenters. The molecule has 2 aromatic carbocycles. The third kappa shape index (κ3) is 4.87. The highest BCUT2D eigenvalue weighted by Crippen LogP contribution is 2.44. The first-order valence-corrected chi connectivity index (χ1v) is 11.4. The van der Waals surface area contributed by atoms with Crippen molar-refractivity contribution in [2.75, 3.05) is 19.7 Å². The van der Waals surface area contributed by atoms with E-state index in [1.165, 1.54) is 0 Å². The topological polar surface area (TPSA) is 95.9 Å². The standard InChI is InChI=1S/C26H30N2O5/c1-26(2,24(31)28-14-17(15-28)8-7-13-23(29)30)27-25(32)33-16-22-20-11-5-3-9-18(20)19-10-4-6-12-21(19)22/h3-6,9-12,17,22H,7-8,13-16H2,1-2H3,(H,27,32)(H,29,30). The van der Waals surface area contributed by atoms with Crippen LogP contribution in [0.2, 0.25) is 0 Å². The van der Waals surface area contributed by atoms with Gasteiger partial charge in [0.1, 0.15) is 12.1 Å². The number of hydrogen-bond donors (Lipinski definition) is 2. The Kier molecular flexibility index (Phi) is 6.40. The molecule has 7 nitrogen and oxygen atoms in total. The van der Waals surface area contributed by atoms with Crippen molar-refractivity contribution in [1.29, 1.82) is 0 Å². The summed E-state index contributed by atoms with van der Waals surface area (Å²) in [6.45, 7) is 4.73. The zero-order chi connectivity index (χ0) is 23.6. The van der Waals surface area contributed by atoms with E-state index in [1.54, 1.807) is 18.7 Å². The van der Waals surface area contributed by atoms with E-state index in [1.807, 2.05) is 24.3 Å². The van der Waals surface area contributed by atoms with Crippen molar-refractivity contribution < 1.29 is 24.2 Å². The molecule has 1 heterocycles. The van der Waals surface area contributed by atoms with E-state index in [-0.39, 0.29) is 24.9 Å². The number of likely N-dealkylation sites (tertiary alicyclic amines) is 1. The van der Waals surface area contributed by atoms with Gasteiger partial charge in [-0.3, -0.25) is 9.59 Å². The fourth-order valence-corrected chi connectivity index (χ4v) is 4.80. The molecule has 33 heavy (non-hydrogen) atoms. The zero-order valence-corrected chi connectivity index (χ0v) is 19.0. The largest absolute Gasteiger partial charge is 0.481 e. The summed E-state index contributed by atoms with van der Waals surface area (Å²) in [6.07, 6.45) is 0.938. The van der Waals surface area contributed by atoms with Gasteiger partial charge in [0.05, 0.1) is 0 Å². The zero-order valence-electron chi connectivity index (χ0n) is 19.0. The minimum absolute atomic E-state index is 0.0380. The Balaban J connectivity index is 1.29. The summed E-state index contributed by atoms with van der Waals surface area (Å²) in [7, 11) is 0. The lowest BCUT2D eigenvalue weighted by atomic mass is 9.91. The summed E-state index contributed by atoms with van der Waals surface area (Å²) in [5.74, 6) is -0.677. The molecule has 2 amide bonds. The summed E-state index contributed by atoms with van der Waals surface area (Å²) >= 11 is 0. The van der Waals surface area contributed by atoms with E-state index in [0.29, 0.717) is 25.4 Å². The molecule has 0 radical (unpaired) electrons.